The van der Waals surface area contributed by atoms with Crippen LogP contribution in [-0.4, -0.2) is 38.8 Å². The van der Waals surface area contributed by atoms with E-state index in [1.165, 1.54) is 5.56 Å². The summed E-state index contributed by atoms with van der Waals surface area (Å²) >= 11 is 13.9. The van der Waals surface area contributed by atoms with Crippen molar-refractivity contribution in [3.05, 3.63) is 76.8 Å². The van der Waals surface area contributed by atoms with E-state index in [0.717, 1.165) is 17.2 Å². The van der Waals surface area contributed by atoms with Crippen LogP contribution in [0.15, 0.2) is 66.1 Å². The number of methoxy groups -OCH3 is 1. The lowest BCUT2D eigenvalue weighted by atomic mass is 10.1. The Kier molecular flexibility index (Phi) is 9.04. The van der Waals surface area contributed by atoms with Crippen LogP contribution >= 0.6 is 35.0 Å². The van der Waals surface area contributed by atoms with E-state index in [2.05, 4.69) is 21.7 Å². The molecule has 7 nitrogen and oxygen atoms in total. The zero-order valence-corrected chi connectivity index (χ0v) is 18.1. The molecule has 3 rings (SSSR count). The molecule has 0 aliphatic carbocycles. The van der Waals surface area contributed by atoms with Crippen molar-refractivity contribution in [2.45, 2.75) is 16.7 Å². The number of rotatable bonds is 6. The van der Waals surface area contributed by atoms with E-state index in [0.29, 0.717) is 10.0 Å². The molecule has 0 saturated carbocycles. The van der Waals surface area contributed by atoms with Gasteiger partial charge in [-0.25, -0.2) is 14.6 Å². The van der Waals surface area contributed by atoms with Crippen LogP contribution in [-0.2, 0) is 16.1 Å². The Balaban J connectivity index is 0.000000469. The van der Waals surface area contributed by atoms with E-state index >= 15 is 0 Å². The van der Waals surface area contributed by atoms with Crippen molar-refractivity contribution in [2.24, 2.45) is 0 Å². The normalized spacial score (nSPS) is 11.2. The summed E-state index contributed by atoms with van der Waals surface area (Å²) < 4.78 is 7.32. The fourth-order valence-electron chi connectivity index (χ4n) is 2.33. The Hall–Kier alpha value is -2.68. The summed E-state index contributed by atoms with van der Waals surface area (Å²) in [5.74, 6) is -2.80. The lowest BCUT2D eigenvalue weighted by Crippen LogP contribution is -2.09. The van der Waals surface area contributed by atoms with Crippen LogP contribution in [0.2, 0.25) is 10.0 Å². The van der Waals surface area contributed by atoms with Crippen molar-refractivity contribution in [2.75, 3.05) is 7.11 Å². The maximum Gasteiger partial charge on any atom is 0.414 e. The number of aromatic nitrogens is 2. The molecule has 0 spiro atoms. The van der Waals surface area contributed by atoms with Gasteiger partial charge in [-0.2, -0.15) is 0 Å². The minimum Gasteiger partial charge on any atom is -0.497 e. The van der Waals surface area contributed by atoms with Crippen LogP contribution in [0.3, 0.4) is 0 Å². The highest BCUT2D eigenvalue weighted by atomic mass is 35.5. The van der Waals surface area contributed by atoms with Crippen molar-refractivity contribution in [3.8, 4) is 5.75 Å². The first-order valence-electron chi connectivity index (χ1n) is 8.47. The summed E-state index contributed by atoms with van der Waals surface area (Å²) in [5.41, 5.74) is 1.21. The highest BCUT2D eigenvalue weighted by molar-refractivity contribution is 7.99. The fraction of sp³-hybridized carbons (Fsp3) is 0.150. The zero-order valence-electron chi connectivity index (χ0n) is 15.7. The Bertz CT molecular complexity index is 969. The van der Waals surface area contributed by atoms with Crippen molar-refractivity contribution < 1.29 is 24.5 Å². The molecule has 3 aromatic rings. The molecule has 1 heterocycles. The number of carbonyl (C=O) groups is 2. The van der Waals surface area contributed by atoms with Crippen LogP contribution < -0.4 is 4.74 Å². The molecule has 0 amide bonds. The maximum absolute atomic E-state index is 9.10. The van der Waals surface area contributed by atoms with Gasteiger partial charge in [0.15, 0.2) is 0 Å². The second-order valence-corrected chi connectivity index (χ2v) is 7.92. The highest BCUT2D eigenvalue weighted by Crippen LogP contribution is 2.39. The smallest absolute Gasteiger partial charge is 0.414 e. The van der Waals surface area contributed by atoms with Crippen molar-refractivity contribution in [3.63, 3.8) is 0 Å². The SMILES string of the molecule is COc1ccc(C(Cn2ccnc2)Sc2ccc(Cl)c(Cl)c2)cc1.O=C(O)C(=O)O. The number of aliphatic carboxylic acids is 2. The van der Waals surface area contributed by atoms with Gasteiger partial charge in [0.25, 0.3) is 0 Å². The summed E-state index contributed by atoms with van der Waals surface area (Å²) in [6.07, 6.45) is 5.58. The third-order valence-electron chi connectivity index (χ3n) is 3.78. The van der Waals surface area contributed by atoms with Gasteiger partial charge in [-0.15, -0.1) is 11.8 Å². The first-order chi connectivity index (χ1) is 14.3. The van der Waals surface area contributed by atoms with Gasteiger partial charge in [-0.3, -0.25) is 0 Å². The lowest BCUT2D eigenvalue weighted by molar-refractivity contribution is -0.159. The fourth-order valence-corrected chi connectivity index (χ4v) is 3.89. The predicted molar refractivity (Wildman–Crippen MR) is 116 cm³/mol. The molecule has 30 heavy (non-hydrogen) atoms. The van der Waals surface area contributed by atoms with E-state index in [4.69, 9.17) is 47.7 Å². The Labute approximate surface area is 187 Å². The standard InChI is InChI=1S/C18H16Cl2N2OS.C2H2O4/c1-23-14-4-2-13(3-5-14)18(11-22-9-8-21-12-22)24-15-6-7-16(19)17(20)10-15;3-1(4)2(5)6/h2-10,12,18H,11H2,1H3;(H,3,4)(H,5,6). The summed E-state index contributed by atoms with van der Waals surface area (Å²) in [6.45, 7) is 0.803. The summed E-state index contributed by atoms with van der Waals surface area (Å²) in [4.78, 5) is 23.4. The number of carboxylic acids is 2. The molecule has 0 fully saturated rings. The summed E-state index contributed by atoms with van der Waals surface area (Å²) in [6, 6.07) is 13.9. The molecular weight excluding hydrogens is 451 g/mol. The number of hydrogen-bond acceptors (Lipinski definition) is 5. The van der Waals surface area contributed by atoms with E-state index in [1.807, 2.05) is 42.9 Å². The van der Waals surface area contributed by atoms with Gasteiger partial charge in [-0.05, 0) is 35.9 Å². The van der Waals surface area contributed by atoms with Gasteiger partial charge in [0.1, 0.15) is 5.75 Å². The number of nitrogens with zero attached hydrogens (tertiary/aromatic N) is 2. The molecule has 1 unspecified atom stereocenters. The molecular formula is C20H18Cl2N2O5S. The number of hydrogen-bond donors (Lipinski definition) is 2. The van der Waals surface area contributed by atoms with E-state index < -0.39 is 11.9 Å². The molecule has 0 aliphatic heterocycles. The third kappa shape index (κ3) is 7.29. The number of carboxylic acid groups (broad SMARTS) is 2. The van der Waals surface area contributed by atoms with E-state index in [9.17, 15) is 0 Å². The van der Waals surface area contributed by atoms with Crippen LogP contribution in [0, 0.1) is 0 Å². The average Bonchev–Trinajstić information content (AvgIpc) is 3.24. The third-order valence-corrected chi connectivity index (χ3v) is 5.75. The van der Waals surface area contributed by atoms with Crippen LogP contribution in [0.25, 0.3) is 0 Å². The van der Waals surface area contributed by atoms with Gasteiger partial charge in [0, 0.05) is 23.8 Å². The molecule has 10 heteroatoms. The zero-order chi connectivity index (χ0) is 22.1. The van der Waals surface area contributed by atoms with Crippen molar-refractivity contribution >= 4 is 46.9 Å². The number of halogens is 2. The predicted octanol–water partition coefficient (Wildman–Crippen LogP) is 4.89. The van der Waals surface area contributed by atoms with E-state index in [-0.39, 0.29) is 5.25 Å². The summed E-state index contributed by atoms with van der Waals surface area (Å²) in [5, 5.41) is 16.1. The molecule has 0 bridgehead atoms. The monoisotopic (exact) mass is 468 g/mol. The second-order valence-electron chi connectivity index (χ2n) is 5.83. The largest absolute Gasteiger partial charge is 0.497 e. The highest BCUT2D eigenvalue weighted by Gasteiger charge is 2.15. The molecule has 1 aromatic heterocycles. The molecule has 0 saturated heterocycles. The van der Waals surface area contributed by atoms with Crippen LogP contribution in [0.1, 0.15) is 10.8 Å². The summed E-state index contributed by atoms with van der Waals surface area (Å²) in [7, 11) is 1.67. The Morgan fingerprint density at radius 2 is 1.77 bits per heavy atom. The van der Waals surface area contributed by atoms with Gasteiger partial charge >= 0.3 is 11.9 Å². The first kappa shape index (κ1) is 23.6. The van der Waals surface area contributed by atoms with Gasteiger partial charge in [0.2, 0.25) is 0 Å². The number of benzene rings is 2. The molecule has 2 N–H and O–H groups in total. The second kappa shape index (κ2) is 11.5. The van der Waals surface area contributed by atoms with Crippen LogP contribution in [0.5, 0.6) is 5.75 Å². The van der Waals surface area contributed by atoms with E-state index in [1.54, 1.807) is 25.1 Å². The minimum absolute atomic E-state index is 0.211. The Morgan fingerprint density at radius 1 is 1.10 bits per heavy atom. The lowest BCUT2D eigenvalue weighted by Gasteiger charge is -2.18. The topological polar surface area (TPSA) is 102 Å². The average molecular weight is 469 g/mol. The van der Waals surface area contributed by atoms with Crippen molar-refractivity contribution in [1.29, 1.82) is 0 Å². The minimum atomic E-state index is -1.82. The number of thioether (sulfide) groups is 1. The quantitative estimate of drug-likeness (QED) is 0.392. The van der Waals surface area contributed by atoms with Gasteiger partial charge in [-0.1, -0.05) is 35.3 Å². The first-order valence-corrected chi connectivity index (χ1v) is 10.1. The molecule has 2 aromatic carbocycles. The molecule has 1 atom stereocenters. The van der Waals surface area contributed by atoms with Crippen LogP contribution in [0.4, 0.5) is 0 Å². The molecule has 0 aliphatic rings. The number of ether oxygens (including phenoxy) is 1. The Morgan fingerprint density at radius 3 is 2.27 bits per heavy atom. The maximum atomic E-state index is 9.10. The van der Waals surface area contributed by atoms with Gasteiger partial charge in [0.05, 0.1) is 28.7 Å². The van der Waals surface area contributed by atoms with Crippen molar-refractivity contribution in [1.82, 2.24) is 9.55 Å². The molecule has 158 valence electrons. The van der Waals surface area contributed by atoms with Gasteiger partial charge < -0.3 is 19.5 Å². The number of imidazole rings is 1. The molecule has 0 radical (unpaired) electrons.